The van der Waals surface area contributed by atoms with Crippen molar-refractivity contribution < 1.29 is 22.3 Å². The molecule has 0 atom stereocenters. The van der Waals surface area contributed by atoms with E-state index in [4.69, 9.17) is 0 Å². The van der Waals surface area contributed by atoms with E-state index in [0.717, 1.165) is 0 Å². The van der Waals surface area contributed by atoms with Gasteiger partial charge in [0.2, 0.25) is 0 Å². The summed E-state index contributed by atoms with van der Waals surface area (Å²) in [6, 6.07) is 9.76. The molecule has 0 unspecified atom stereocenters. The Hall–Kier alpha value is -2.24. The van der Waals surface area contributed by atoms with Crippen molar-refractivity contribution in [2.24, 2.45) is 0 Å². The van der Waals surface area contributed by atoms with Crippen LogP contribution in [0.4, 0.5) is 23.2 Å². The molecule has 0 heterocycles. The van der Waals surface area contributed by atoms with Crippen molar-refractivity contribution in [3.8, 4) is 16.9 Å². The molecule has 0 saturated heterocycles. The van der Waals surface area contributed by atoms with Crippen LogP contribution in [0.1, 0.15) is 0 Å². The van der Waals surface area contributed by atoms with Gasteiger partial charge in [-0.05, 0) is 41.5 Å². The molecule has 2 aromatic carbocycles. The van der Waals surface area contributed by atoms with Crippen LogP contribution in [0.25, 0.3) is 11.1 Å². The highest BCUT2D eigenvalue weighted by molar-refractivity contribution is 5.69. The zero-order chi connectivity index (χ0) is 15.6. The summed E-state index contributed by atoms with van der Waals surface area (Å²) in [6.07, 6.45) is -4.72. The number of benzene rings is 2. The summed E-state index contributed by atoms with van der Waals surface area (Å²) in [5.41, 5.74) is 1.85. The number of hydrogen-bond acceptors (Lipinski definition) is 2. The predicted octanol–water partition coefficient (Wildman–Crippen LogP) is 4.46. The Morgan fingerprint density at radius 3 is 2.05 bits per heavy atom. The second-order valence-corrected chi connectivity index (χ2v) is 4.66. The molecule has 0 bridgehead atoms. The first-order valence-electron chi connectivity index (χ1n) is 6.09. The molecule has 0 fully saturated rings. The summed E-state index contributed by atoms with van der Waals surface area (Å²) in [6.45, 7) is 0. The highest BCUT2D eigenvalue weighted by Gasteiger charge is 2.30. The van der Waals surface area contributed by atoms with Gasteiger partial charge < -0.3 is 9.64 Å². The third kappa shape index (κ3) is 4.11. The largest absolute Gasteiger partial charge is 0.573 e. The molecule has 6 heteroatoms. The van der Waals surface area contributed by atoms with Crippen LogP contribution in [0.3, 0.4) is 0 Å². The van der Waals surface area contributed by atoms with Crippen molar-refractivity contribution >= 4 is 5.69 Å². The van der Waals surface area contributed by atoms with E-state index in [9.17, 15) is 17.6 Å². The third-order valence-electron chi connectivity index (χ3n) is 2.82. The molecule has 0 radical (unpaired) electrons. The predicted molar refractivity (Wildman–Crippen MR) is 72.8 cm³/mol. The lowest BCUT2D eigenvalue weighted by Crippen LogP contribution is -2.16. The number of halogens is 4. The minimum absolute atomic E-state index is 0.310. The van der Waals surface area contributed by atoms with Crippen LogP contribution in [-0.2, 0) is 0 Å². The lowest BCUT2D eigenvalue weighted by atomic mass is 10.0. The van der Waals surface area contributed by atoms with Crippen molar-refractivity contribution in [1.82, 2.24) is 0 Å². The number of anilines is 1. The molecular weight excluding hydrogens is 286 g/mol. The first-order chi connectivity index (χ1) is 9.74. The summed E-state index contributed by atoms with van der Waals surface area (Å²) in [7, 11) is 3.55. The van der Waals surface area contributed by atoms with Crippen LogP contribution in [0.15, 0.2) is 42.5 Å². The van der Waals surface area contributed by atoms with Gasteiger partial charge >= 0.3 is 6.36 Å². The van der Waals surface area contributed by atoms with E-state index in [2.05, 4.69) is 4.74 Å². The molecule has 0 spiro atoms. The Morgan fingerprint density at radius 1 is 0.905 bits per heavy atom. The maximum Gasteiger partial charge on any atom is 0.573 e. The Kier molecular flexibility index (Phi) is 4.06. The van der Waals surface area contributed by atoms with E-state index in [-0.39, 0.29) is 5.75 Å². The van der Waals surface area contributed by atoms with Crippen molar-refractivity contribution in [3.63, 3.8) is 0 Å². The van der Waals surface area contributed by atoms with E-state index in [1.165, 1.54) is 36.4 Å². The normalized spacial score (nSPS) is 11.3. The fourth-order valence-corrected chi connectivity index (χ4v) is 1.85. The highest BCUT2D eigenvalue weighted by Crippen LogP contribution is 2.29. The molecule has 0 aliphatic rings. The van der Waals surface area contributed by atoms with Crippen LogP contribution in [-0.4, -0.2) is 20.5 Å². The molecule has 112 valence electrons. The fraction of sp³-hybridized carbons (Fsp3) is 0.200. The van der Waals surface area contributed by atoms with Gasteiger partial charge in [-0.2, -0.15) is 0 Å². The average Bonchev–Trinajstić information content (AvgIpc) is 2.37. The maximum absolute atomic E-state index is 13.6. The average molecular weight is 299 g/mol. The Labute approximate surface area is 119 Å². The minimum Gasteiger partial charge on any atom is -0.406 e. The van der Waals surface area contributed by atoms with E-state index in [1.54, 1.807) is 25.1 Å². The van der Waals surface area contributed by atoms with E-state index < -0.39 is 12.2 Å². The Bertz CT molecular complexity index is 621. The van der Waals surface area contributed by atoms with Crippen molar-refractivity contribution in [2.45, 2.75) is 6.36 Å². The van der Waals surface area contributed by atoms with E-state index in [1.807, 2.05) is 0 Å². The standard InChI is InChI=1S/C15H13F4NO/c1-20(2)13-8-11(7-12(16)9-13)10-3-5-14(6-4-10)21-15(17,18)19/h3-9H,1-2H3. The van der Waals surface area contributed by atoms with Crippen molar-refractivity contribution in [3.05, 3.63) is 48.3 Å². The van der Waals surface area contributed by atoms with Crippen LogP contribution >= 0.6 is 0 Å². The third-order valence-corrected chi connectivity index (χ3v) is 2.82. The monoisotopic (exact) mass is 299 g/mol. The van der Waals surface area contributed by atoms with Gasteiger partial charge in [-0.15, -0.1) is 13.2 Å². The maximum atomic E-state index is 13.6. The van der Waals surface area contributed by atoms with Gasteiger partial charge in [-0.25, -0.2) is 4.39 Å². The summed E-state index contributed by atoms with van der Waals surface area (Å²) >= 11 is 0. The van der Waals surface area contributed by atoms with Crippen molar-refractivity contribution in [1.29, 1.82) is 0 Å². The van der Waals surface area contributed by atoms with Gasteiger partial charge in [-0.1, -0.05) is 12.1 Å². The minimum atomic E-state index is -4.72. The molecule has 0 amide bonds. The molecule has 0 N–H and O–H groups in total. The lowest BCUT2D eigenvalue weighted by Gasteiger charge is -2.14. The van der Waals surface area contributed by atoms with Gasteiger partial charge in [0.25, 0.3) is 0 Å². The van der Waals surface area contributed by atoms with Crippen LogP contribution < -0.4 is 9.64 Å². The number of alkyl halides is 3. The number of hydrogen-bond donors (Lipinski definition) is 0. The Balaban J connectivity index is 2.30. The molecule has 2 rings (SSSR count). The fourth-order valence-electron chi connectivity index (χ4n) is 1.85. The first-order valence-corrected chi connectivity index (χ1v) is 6.09. The molecular formula is C15H13F4NO. The van der Waals surface area contributed by atoms with Crippen LogP contribution in [0.2, 0.25) is 0 Å². The molecule has 0 aliphatic carbocycles. The van der Waals surface area contributed by atoms with E-state index >= 15 is 0 Å². The van der Waals surface area contributed by atoms with Crippen molar-refractivity contribution in [2.75, 3.05) is 19.0 Å². The summed E-state index contributed by atoms with van der Waals surface area (Å²) in [4.78, 5) is 1.74. The second kappa shape index (κ2) is 5.63. The topological polar surface area (TPSA) is 12.5 Å². The van der Waals surface area contributed by atoms with Gasteiger partial charge in [0.1, 0.15) is 11.6 Å². The highest BCUT2D eigenvalue weighted by atomic mass is 19.4. The smallest absolute Gasteiger partial charge is 0.406 e. The molecule has 0 aliphatic heterocycles. The zero-order valence-corrected chi connectivity index (χ0v) is 11.4. The summed E-state index contributed by atoms with van der Waals surface area (Å²) in [5, 5.41) is 0. The molecule has 2 aromatic rings. The van der Waals surface area contributed by atoms with Gasteiger partial charge in [-0.3, -0.25) is 0 Å². The summed E-state index contributed by atoms with van der Waals surface area (Å²) < 4.78 is 53.6. The molecule has 0 saturated carbocycles. The molecule has 21 heavy (non-hydrogen) atoms. The summed E-state index contributed by atoms with van der Waals surface area (Å²) in [5.74, 6) is -0.720. The van der Waals surface area contributed by atoms with E-state index in [0.29, 0.717) is 16.8 Å². The van der Waals surface area contributed by atoms with Gasteiger partial charge in [0, 0.05) is 19.8 Å². The molecule has 2 nitrogen and oxygen atoms in total. The SMILES string of the molecule is CN(C)c1cc(F)cc(-c2ccc(OC(F)(F)F)cc2)c1. The number of rotatable bonds is 3. The zero-order valence-electron chi connectivity index (χ0n) is 11.4. The molecule has 0 aromatic heterocycles. The first kappa shape index (κ1) is 15.2. The quantitative estimate of drug-likeness (QED) is 0.776. The van der Waals surface area contributed by atoms with Gasteiger partial charge in [0.05, 0.1) is 0 Å². The number of nitrogens with zero attached hydrogens (tertiary/aromatic N) is 1. The van der Waals surface area contributed by atoms with Crippen LogP contribution in [0.5, 0.6) is 5.75 Å². The second-order valence-electron chi connectivity index (χ2n) is 4.66. The number of ether oxygens (including phenoxy) is 1. The lowest BCUT2D eigenvalue weighted by molar-refractivity contribution is -0.274. The van der Waals surface area contributed by atoms with Gasteiger partial charge in [0.15, 0.2) is 0 Å². The Morgan fingerprint density at radius 2 is 1.52 bits per heavy atom. The van der Waals surface area contributed by atoms with Crippen LogP contribution in [0, 0.1) is 5.82 Å².